The van der Waals surface area contributed by atoms with Gasteiger partial charge in [-0.3, -0.25) is 9.97 Å². The summed E-state index contributed by atoms with van der Waals surface area (Å²) in [5.74, 6) is 1.38. The van der Waals surface area contributed by atoms with Gasteiger partial charge in [0.1, 0.15) is 22.8 Å². The van der Waals surface area contributed by atoms with Gasteiger partial charge in [-0.05, 0) is 37.4 Å². The van der Waals surface area contributed by atoms with E-state index in [4.69, 9.17) is 4.98 Å². The Bertz CT molecular complexity index is 1010. The van der Waals surface area contributed by atoms with Crippen molar-refractivity contribution in [1.29, 1.82) is 0 Å². The second-order valence-electron chi connectivity index (χ2n) is 6.12. The van der Waals surface area contributed by atoms with E-state index in [0.29, 0.717) is 5.82 Å². The summed E-state index contributed by atoms with van der Waals surface area (Å²) in [7, 11) is 0. The first kappa shape index (κ1) is 15.6. The summed E-state index contributed by atoms with van der Waals surface area (Å²) < 4.78 is 0. The van der Waals surface area contributed by atoms with E-state index in [1.54, 1.807) is 36.3 Å². The summed E-state index contributed by atoms with van der Waals surface area (Å²) >= 11 is 1.58. The lowest BCUT2D eigenvalue weighted by molar-refractivity contribution is 0.592. The molecule has 0 unspecified atom stereocenters. The van der Waals surface area contributed by atoms with Gasteiger partial charge < -0.3 is 5.32 Å². The number of aromatic nitrogens is 5. The van der Waals surface area contributed by atoms with E-state index < -0.39 is 0 Å². The van der Waals surface area contributed by atoms with Crippen LogP contribution in [0.4, 0.5) is 11.6 Å². The maximum absolute atomic E-state index is 4.74. The molecular formula is C18H16N6S. The molecule has 0 amide bonds. The molecule has 7 heteroatoms. The molecule has 0 saturated carbocycles. The zero-order valence-corrected chi connectivity index (χ0v) is 14.7. The van der Waals surface area contributed by atoms with Gasteiger partial charge in [-0.1, -0.05) is 6.07 Å². The van der Waals surface area contributed by atoms with Crippen molar-refractivity contribution in [3.8, 4) is 0 Å². The molecule has 0 saturated heterocycles. The minimum absolute atomic E-state index is 0.352. The highest BCUT2D eigenvalue weighted by Crippen LogP contribution is 2.30. The van der Waals surface area contributed by atoms with Crippen molar-refractivity contribution >= 4 is 33.2 Å². The van der Waals surface area contributed by atoms with Gasteiger partial charge in [0.15, 0.2) is 0 Å². The van der Waals surface area contributed by atoms with Crippen LogP contribution in [-0.4, -0.2) is 24.9 Å². The second-order valence-corrected chi connectivity index (χ2v) is 7.01. The van der Waals surface area contributed by atoms with Gasteiger partial charge in [-0.25, -0.2) is 15.0 Å². The number of thiophene rings is 1. The molecule has 4 aromatic rings. The molecule has 4 rings (SSSR count). The summed E-state index contributed by atoms with van der Waals surface area (Å²) in [4.78, 5) is 23.1. The zero-order valence-electron chi connectivity index (χ0n) is 13.8. The van der Waals surface area contributed by atoms with Gasteiger partial charge in [0.05, 0.1) is 28.4 Å². The van der Waals surface area contributed by atoms with Crippen molar-refractivity contribution < 1.29 is 0 Å². The van der Waals surface area contributed by atoms with Gasteiger partial charge >= 0.3 is 0 Å². The normalized spacial score (nSPS) is 11.6. The summed E-state index contributed by atoms with van der Waals surface area (Å²) in [6, 6.07) is 7.89. The molecule has 6 nitrogen and oxygen atoms in total. The van der Waals surface area contributed by atoms with Crippen molar-refractivity contribution in [2.24, 2.45) is 0 Å². The first-order valence-corrected chi connectivity index (χ1v) is 8.72. The van der Waals surface area contributed by atoms with Gasteiger partial charge in [-0.2, -0.15) is 0 Å². The second kappa shape index (κ2) is 6.18. The van der Waals surface area contributed by atoms with Gasteiger partial charge in [-0.15, -0.1) is 11.3 Å². The number of hydrogen-bond donors (Lipinski definition) is 1. The maximum atomic E-state index is 4.74. The van der Waals surface area contributed by atoms with E-state index >= 15 is 0 Å². The number of nitrogens with zero attached hydrogens (tertiary/aromatic N) is 5. The molecule has 0 bridgehead atoms. The average Bonchev–Trinajstić information content (AvgIpc) is 3.13. The summed E-state index contributed by atoms with van der Waals surface area (Å²) in [5, 5.41) is 6.23. The summed E-state index contributed by atoms with van der Waals surface area (Å²) in [5.41, 5.74) is 1.44. The van der Waals surface area contributed by atoms with E-state index in [-0.39, 0.29) is 5.41 Å². The van der Waals surface area contributed by atoms with Crippen molar-refractivity contribution in [2.45, 2.75) is 19.3 Å². The molecule has 4 heterocycles. The van der Waals surface area contributed by atoms with E-state index in [0.717, 1.165) is 27.4 Å². The summed E-state index contributed by atoms with van der Waals surface area (Å²) in [6.07, 6.45) is 6.81. The molecule has 0 atom stereocenters. The smallest absolute Gasteiger partial charge is 0.150 e. The van der Waals surface area contributed by atoms with E-state index in [1.807, 2.05) is 29.6 Å². The van der Waals surface area contributed by atoms with Crippen LogP contribution in [0.5, 0.6) is 0 Å². The lowest BCUT2D eigenvalue weighted by Crippen LogP contribution is -2.22. The molecule has 0 spiro atoms. The molecule has 1 N–H and O–H groups in total. The van der Waals surface area contributed by atoms with Crippen LogP contribution in [0.1, 0.15) is 25.2 Å². The highest BCUT2D eigenvalue weighted by molar-refractivity contribution is 7.16. The van der Waals surface area contributed by atoms with Crippen LogP contribution in [0.15, 0.2) is 54.6 Å². The van der Waals surface area contributed by atoms with Crippen LogP contribution in [0.25, 0.3) is 10.2 Å². The number of rotatable bonds is 4. The fraction of sp³-hybridized carbons (Fsp3) is 0.167. The molecule has 0 aliphatic heterocycles. The number of fused-ring (bicyclic) bond motifs is 1. The molecule has 0 fully saturated rings. The first-order chi connectivity index (χ1) is 12.1. The van der Waals surface area contributed by atoms with Crippen LogP contribution in [0.2, 0.25) is 0 Å². The average molecular weight is 348 g/mol. The SMILES string of the molecule is CC(C)(c1ccccn1)c1cncc(Nc2ncnc3sccc23)n1. The number of hydrogen-bond acceptors (Lipinski definition) is 7. The Morgan fingerprint density at radius 1 is 1.00 bits per heavy atom. The third-order valence-corrected chi connectivity index (χ3v) is 4.91. The summed E-state index contributed by atoms with van der Waals surface area (Å²) in [6.45, 7) is 4.18. The molecule has 0 aliphatic carbocycles. The Morgan fingerprint density at radius 2 is 1.92 bits per heavy atom. The lowest BCUT2D eigenvalue weighted by atomic mass is 9.85. The monoisotopic (exact) mass is 348 g/mol. The van der Waals surface area contributed by atoms with Crippen molar-refractivity contribution in [3.63, 3.8) is 0 Å². The van der Waals surface area contributed by atoms with Crippen LogP contribution < -0.4 is 5.32 Å². The fourth-order valence-corrected chi connectivity index (χ4v) is 3.33. The molecule has 4 aromatic heterocycles. The molecule has 124 valence electrons. The molecular weight excluding hydrogens is 332 g/mol. The quantitative estimate of drug-likeness (QED) is 0.602. The highest BCUT2D eigenvalue weighted by Gasteiger charge is 2.26. The predicted octanol–water partition coefficient (Wildman–Crippen LogP) is 3.95. The van der Waals surface area contributed by atoms with E-state index in [2.05, 4.69) is 39.1 Å². The Balaban J connectivity index is 1.69. The van der Waals surface area contributed by atoms with E-state index in [9.17, 15) is 0 Å². The van der Waals surface area contributed by atoms with Gasteiger partial charge in [0, 0.05) is 12.4 Å². The van der Waals surface area contributed by atoms with Gasteiger partial charge in [0.2, 0.25) is 0 Å². The maximum Gasteiger partial charge on any atom is 0.150 e. The molecule has 0 aliphatic rings. The Morgan fingerprint density at radius 3 is 2.76 bits per heavy atom. The van der Waals surface area contributed by atoms with Crippen LogP contribution >= 0.6 is 11.3 Å². The third kappa shape index (κ3) is 2.94. The molecule has 0 radical (unpaired) electrons. The number of nitrogens with one attached hydrogen (secondary N) is 1. The first-order valence-electron chi connectivity index (χ1n) is 7.84. The van der Waals surface area contributed by atoms with Crippen molar-refractivity contribution in [2.75, 3.05) is 5.32 Å². The van der Waals surface area contributed by atoms with Crippen LogP contribution in [-0.2, 0) is 5.41 Å². The minimum atomic E-state index is -0.352. The fourth-order valence-electron chi connectivity index (χ4n) is 2.60. The standard InChI is InChI=1S/C18H16N6S/c1-18(2,13-5-3-4-7-20-13)14-9-19-10-15(23-14)24-16-12-6-8-25-17(12)22-11-21-16/h3-11H,1-2H3,(H,21,22,23,24). The largest absolute Gasteiger partial charge is 0.323 e. The Hall–Kier alpha value is -2.93. The Labute approximate surface area is 149 Å². The number of pyridine rings is 1. The van der Waals surface area contributed by atoms with E-state index in [1.165, 1.54) is 0 Å². The van der Waals surface area contributed by atoms with Crippen molar-refractivity contribution in [3.05, 3.63) is 66.0 Å². The Kier molecular flexibility index (Phi) is 3.85. The molecule has 25 heavy (non-hydrogen) atoms. The predicted molar refractivity (Wildman–Crippen MR) is 99.1 cm³/mol. The lowest BCUT2D eigenvalue weighted by Gasteiger charge is -2.23. The minimum Gasteiger partial charge on any atom is -0.323 e. The van der Waals surface area contributed by atoms with Crippen LogP contribution in [0.3, 0.4) is 0 Å². The molecule has 0 aromatic carbocycles. The van der Waals surface area contributed by atoms with Gasteiger partial charge in [0.25, 0.3) is 0 Å². The number of anilines is 2. The topological polar surface area (TPSA) is 76.5 Å². The highest BCUT2D eigenvalue weighted by atomic mass is 32.1. The van der Waals surface area contributed by atoms with Crippen LogP contribution in [0, 0.1) is 0 Å². The van der Waals surface area contributed by atoms with Crippen molar-refractivity contribution in [1.82, 2.24) is 24.9 Å². The zero-order chi connectivity index (χ0) is 17.3. The third-order valence-electron chi connectivity index (χ3n) is 4.09.